The van der Waals surface area contributed by atoms with E-state index < -0.39 is 0 Å². The molecular weight excluding hydrogens is 456 g/mol. The lowest BCUT2D eigenvalue weighted by molar-refractivity contribution is 0.0665. The molecule has 1 atom stereocenters. The molecule has 0 N–H and O–H groups in total. The molecule has 4 rings (SSSR count). The van der Waals surface area contributed by atoms with E-state index in [4.69, 9.17) is 18.9 Å². The number of hydrogen-bond donors (Lipinski definition) is 0. The molecule has 186 valence electrons. The summed E-state index contributed by atoms with van der Waals surface area (Å²) in [7, 11) is 4.73. The van der Waals surface area contributed by atoms with Crippen LogP contribution in [0.3, 0.4) is 0 Å². The number of ether oxygens (including phenoxy) is 4. The van der Waals surface area contributed by atoms with E-state index >= 15 is 0 Å². The van der Waals surface area contributed by atoms with Gasteiger partial charge in [0.15, 0.2) is 17.3 Å². The molecule has 2 aliphatic rings. The Morgan fingerprint density at radius 3 is 2.15 bits per heavy atom. The van der Waals surface area contributed by atoms with Crippen molar-refractivity contribution in [1.82, 2.24) is 9.80 Å². The Kier molecular flexibility index (Phi) is 8.68. The van der Waals surface area contributed by atoms with Crippen molar-refractivity contribution in [1.29, 1.82) is 0 Å². The number of methoxy groups -OCH3 is 3. The molecule has 0 saturated carbocycles. The largest absolute Gasteiger partial charge is 0.493 e. The molecule has 0 aromatic heterocycles. The Bertz CT molecular complexity index is 1000. The Morgan fingerprint density at radius 2 is 1.56 bits per heavy atom. The number of carbonyl (C=O) groups excluding carboxylic acids is 1. The van der Waals surface area contributed by atoms with Crippen molar-refractivity contribution in [3.63, 3.8) is 0 Å². The van der Waals surface area contributed by atoms with Crippen LogP contribution in [0.1, 0.15) is 27.0 Å². The average Bonchev–Trinajstić information content (AvgIpc) is 3.16. The highest BCUT2D eigenvalue weighted by molar-refractivity contribution is 6.07. The lowest BCUT2D eigenvalue weighted by Gasteiger charge is -2.37. The molecule has 7 nitrogen and oxygen atoms in total. The van der Waals surface area contributed by atoms with Crippen LogP contribution in [0.5, 0.6) is 23.0 Å². The summed E-state index contributed by atoms with van der Waals surface area (Å²) in [4.78, 5) is 18.1. The molecule has 0 amide bonds. The molecule has 0 spiro atoms. The molecule has 8 heteroatoms. The third kappa shape index (κ3) is 4.97. The highest BCUT2D eigenvalue weighted by Gasteiger charge is 2.40. The molecule has 1 aliphatic carbocycles. The molecule has 1 unspecified atom stereocenters. The maximum atomic E-state index is 13.4. The number of piperazine rings is 1. The third-order valence-electron chi connectivity index (χ3n) is 6.78. The maximum absolute atomic E-state index is 13.4. The van der Waals surface area contributed by atoms with E-state index in [9.17, 15) is 4.79 Å². The summed E-state index contributed by atoms with van der Waals surface area (Å²) in [6.07, 6.45) is 0.667. The van der Waals surface area contributed by atoms with Crippen LogP contribution < -0.4 is 18.9 Å². The van der Waals surface area contributed by atoms with Gasteiger partial charge in [0.05, 0.1) is 32.9 Å². The third-order valence-corrected chi connectivity index (χ3v) is 6.78. The van der Waals surface area contributed by atoms with E-state index in [1.807, 2.05) is 6.07 Å². The van der Waals surface area contributed by atoms with Gasteiger partial charge in [-0.05, 0) is 43.0 Å². The van der Waals surface area contributed by atoms with Crippen LogP contribution in [-0.4, -0.2) is 82.3 Å². The molecule has 1 fully saturated rings. The van der Waals surface area contributed by atoms with Gasteiger partial charge in [-0.25, -0.2) is 0 Å². The van der Waals surface area contributed by atoms with Crippen LogP contribution >= 0.6 is 12.4 Å². The first-order valence-corrected chi connectivity index (χ1v) is 11.5. The number of rotatable bonds is 8. The predicted octanol–water partition coefficient (Wildman–Crippen LogP) is 3.56. The Morgan fingerprint density at radius 1 is 0.912 bits per heavy atom. The summed E-state index contributed by atoms with van der Waals surface area (Å²) in [5, 5.41) is 0. The second-order valence-corrected chi connectivity index (χ2v) is 8.71. The zero-order chi connectivity index (χ0) is 23.5. The molecule has 2 aromatic rings. The molecule has 0 radical (unpaired) electrons. The van der Waals surface area contributed by atoms with Gasteiger partial charge < -0.3 is 18.9 Å². The van der Waals surface area contributed by atoms with Crippen molar-refractivity contribution in [3.8, 4) is 23.0 Å². The first kappa shape index (κ1) is 26.1. The topological polar surface area (TPSA) is 60.5 Å². The van der Waals surface area contributed by atoms with Gasteiger partial charge in [0.25, 0.3) is 0 Å². The number of Topliss-reactive ketones (excluding diaryl/α,β-unsaturated/α-hetero) is 1. The number of ketones is 1. The van der Waals surface area contributed by atoms with Crippen molar-refractivity contribution < 1.29 is 23.7 Å². The summed E-state index contributed by atoms with van der Waals surface area (Å²) in [6, 6.07) is 7.96. The van der Waals surface area contributed by atoms with Crippen LogP contribution in [0.2, 0.25) is 0 Å². The molecular formula is C26H35ClN2O5. The van der Waals surface area contributed by atoms with Crippen molar-refractivity contribution >= 4 is 18.2 Å². The van der Waals surface area contributed by atoms with Gasteiger partial charge in [-0.15, -0.1) is 12.4 Å². The summed E-state index contributed by atoms with van der Waals surface area (Å²) in [5.74, 6) is 2.64. The molecule has 0 bridgehead atoms. The fourth-order valence-corrected chi connectivity index (χ4v) is 5.00. The van der Waals surface area contributed by atoms with Crippen LogP contribution in [-0.2, 0) is 6.42 Å². The number of carbonyl (C=O) groups is 1. The SMILES string of the molecule is COc1cc2c(c(OC)c1OC)C(=O)C(N1CCN(CCOc3c(C)cccc3C)CC1)C2.Cl. The van der Waals surface area contributed by atoms with Crippen LogP contribution in [0.15, 0.2) is 24.3 Å². The number of fused-ring (bicyclic) bond motifs is 1. The quantitative estimate of drug-likeness (QED) is 0.560. The number of nitrogens with zero attached hydrogens (tertiary/aromatic N) is 2. The van der Waals surface area contributed by atoms with Crippen LogP contribution in [0.4, 0.5) is 0 Å². The maximum Gasteiger partial charge on any atom is 0.204 e. The van der Waals surface area contributed by atoms with Gasteiger partial charge in [0.1, 0.15) is 12.4 Å². The van der Waals surface area contributed by atoms with E-state index in [1.165, 1.54) is 11.1 Å². The van der Waals surface area contributed by atoms with E-state index in [-0.39, 0.29) is 24.2 Å². The molecule has 34 heavy (non-hydrogen) atoms. The van der Waals surface area contributed by atoms with Gasteiger partial charge >= 0.3 is 0 Å². The summed E-state index contributed by atoms with van der Waals surface area (Å²) >= 11 is 0. The fraction of sp³-hybridized carbons (Fsp3) is 0.500. The minimum Gasteiger partial charge on any atom is -0.493 e. The summed E-state index contributed by atoms with van der Waals surface area (Å²) in [5.41, 5.74) is 3.93. The van der Waals surface area contributed by atoms with Crippen molar-refractivity contribution in [2.24, 2.45) is 0 Å². The Hall–Kier alpha value is -2.48. The standard InChI is InChI=1S/C26H34N2O5.ClH/c1-17-7-6-8-18(2)24(17)33-14-13-27-9-11-28(12-10-27)20-15-19-16-21(30-3)25(31-4)26(32-5)22(19)23(20)29;/h6-8,16,20H,9-15H2,1-5H3;1H. The summed E-state index contributed by atoms with van der Waals surface area (Å²) < 4.78 is 22.6. The predicted molar refractivity (Wildman–Crippen MR) is 135 cm³/mol. The van der Waals surface area contributed by atoms with Gasteiger partial charge in [0, 0.05) is 32.7 Å². The van der Waals surface area contributed by atoms with Gasteiger partial charge in [0.2, 0.25) is 5.75 Å². The van der Waals surface area contributed by atoms with E-state index in [0.29, 0.717) is 35.8 Å². The monoisotopic (exact) mass is 490 g/mol. The van der Waals surface area contributed by atoms with Gasteiger partial charge in [-0.1, -0.05) is 18.2 Å². The zero-order valence-corrected chi connectivity index (χ0v) is 21.5. The fourth-order valence-electron chi connectivity index (χ4n) is 5.00. The van der Waals surface area contributed by atoms with E-state index in [1.54, 1.807) is 21.3 Å². The Balaban J connectivity index is 0.00000324. The van der Waals surface area contributed by atoms with Crippen molar-refractivity contribution in [3.05, 3.63) is 46.5 Å². The number of hydrogen-bond acceptors (Lipinski definition) is 7. The molecule has 2 aromatic carbocycles. The van der Waals surface area contributed by atoms with E-state index in [0.717, 1.165) is 44.0 Å². The van der Waals surface area contributed by atoms with Crippen molar-refractivity contribution in [2.75, 3.05) is 60.7 Å². The normalized spacial score (nSPS) is 18.3. The lowest BCUT2D eigenvalue weighted by Crippen LogP contribution is -2.52. The number of aryl methyl sites for hydroxylation is 2. The van der Waals surface area contributed by atoms with Gasteiger partial charge in [-0.2, -0.15) is 0 Å². The smallest absolute Gasteiger partial charge is 0.204 e. The minimum atomic E-state index is -0.168. The highest BCUT2D eigenvalue weighted by Crippen LogP contribution is 2.45. The molecule has 1 saturated heterocycles. The lowest BCUT2D eigenvalue weighted by atomic mass is 10.1. The zero-order valence-electron chi connectivity index (χ0n) is 20.7. The average molecular weight is 491 g/mol. The van der Waals surface area contributed by atoms with Gasteiger partial charge in [-0.3, -0.25) is 14.6 Å². The summed E-state index contributed by atoms with van der Waals surface area (Å²) in [6.45, 7) is 9.24. The number of benzene rings is 2. The van der Waals surface area contributed by atoms with Crippen LogP contribution in [0.25, 0.3) is 0 Å². The van der Waals surface area contributed by atoms with E-state index in [2.05, 4.69) is 41.8 Å². The highest BCUT2D eigenvalue weighted by atomic mass is 35.5. The molecule has 1 aliphatic heterocycles. The minimum absolute atomic E-state index is 0. The Labute approximate surface area is 208 Å². The first-order valence-electron chi connectivity index (χ1n) is 11.5. The number of halogens is 1. The second kappa shape index (κ2) is 11.3. The van der Waals surface area contributed by atoms with Crippen LogP contribution in [0, 0.1) is 13.8 Å². The molecule has 1 heterocycles. The van der Waals surface area contributed by atoms with Crippen molar-refractivity contribution in [2.45, 2.75) is 26.3 Å². The number of para-hydroxylation sites is 1. The second-order valence-electron chi connectivity index (χ2n) is 8.71. The first-order chi connectivity index (χ1) is 16.0.